The van der Waals surface area contributed by atoms with Gasteiger partial charge >= 0.3 is 0 Å². The zero-order valence-corrected chi connectivity index (χ0v) is 15.9. The Bertz CT molecular complexity index is 1100. The smallest absolute Gasteiger partial charge is 0.257 e. The summed E-state index contributed by atoms with van der Waals surface area (Å²) in [6, 6.07) is 20.1. The van der Waals surface area contributed by atoms with Crippen LogP contribution >= 0.6 is 11.3 Å². The Morgan fingerprint density at radius 2 is 1.69 bits per heavy atom. The van der Waals surface area contributed by atoms with Gasteiger partial charge in [0.15, 0.2) is 5.13 Å². The van der Waals surface area contributed by atoms with Crippen molar-refractivity contribution in [1.29, 1.82) is 0 Å². The molecule has 0 saturated heterocycles. The summed E-state index contributed by atoms with van der Waals surface area (Å²) in [6.45, 7) is 6.48. The molecule has 1 amide bonds. The molecule has 0 unspecified atom stereocenters. The lowest BCUT2D eigenvalue weighted by Crippen LogP contribution is -2.14. The summed E-state index contributed by atoms with van der Waals surface area (Å²) in [5.41, 5.74) is 2.83. The van der Waals surface area contributed by atoms with Crippen molar-refractivity contribution in [3.05, 3.63) is 71.8 Å². The lowest BCUT2D eigenvalue weighted by molar-refractivity contribution is 0.102. The fourth-order valence-electron chi connectivity index (χ4n) is 3.00. The molecule has 1 aromatic heterocycles. The van der Waals surface area contributed by atoms with Gasteiger partial charge in [-0.3, -0.25) is 10.1 Å². The van der Waals surface area contributed by atoms with Crippen molar-refractivity contribution in [2.24, 2.45) is 0 Å². The van der Waals surface area contributed by atoms with E-state index < -0.39 is 0 Å². The Kier molecular flexibility index (Phi) is 4.00. The van der Waals surface area contributed by atoms with Crippen molar-refractivity contribution in [3.8, 4) is 0 Å². The average molecular weight is 360 g/mol. The van der Waals surface area contributed by atoms with Crippen LogP contribution in [0.5, 0.6) is 0 Å². The van der Waals surface area contributed by atoms with E-state index in [2.05, 4.69) is 49.3 Å². The van der Waals surface area contributed by atoms with Crippen LogP contribution in [-0.4, -0.2) is 10.9 Å². The summed E-state index contributed by atoms with van der Waals surface area (Å²) in [6.07, 6.45) is 0. The third kappa shape index (κ3) is 3.08. The molecule has 4 heteroatoms. The summed E-state index contributed by atoms with van der Waals surface area (Å²) < 4.78 is 1.10. The van der Waals surface area contributed by atoms with Gasteiger partial charge in [0.2, 0.25) is 0 Å². The third-order valence-corrected chi connectivity index (χ3v) is 5.53. The minimum Gasteiger partial charge on any atom is -0.298 e. The predicted octanol–water partition coefficient (Wildman–Crippen LogP) is 6.00. The Hall–Kier alpha value is -2.72. The lowest BCUT2D eigenvalue weighted by Gasteiger charge is -2.18. The number of nitrogens with one attached hydrogen (secondary N) is 1. The Balaban J connectivity index is 1.62. The van der Waals surface area contributed by atoms with Gasteiger partial charge in [-0.05, 0) is 34.6 Å². The first kappa shape index (κ1) is 16.7. The van der Waals surface area contributed by atoms with E-state index >= 15 is 0 Å². The van der Waals surface area contributed by atoms with Crippen molar-refractivity contribution < 1.29 is 4.79 Å². The zero-order valence-electron chi connectivity index (χ0n) is 15.0. The number of carbonyl (C=O) groups is 1. The van der Waals surface area contributed by atoms with Gasteiger partial charge < -0.3 is 0 Å². The Morgan fingerprint density at radius 1 is 0.962 bits per heavy atom. The molecule has 0 aliphatic carbocycles. The number of anilines is 1. The quantitative estimate of drug-likeness (QED) is 0.476. The largest absolute Gasteiger partial charge is 0.298 e. The van der Waals surface area contributed by atoms with Gasteiger partial charge in [-0.2, -0.15) is 0 Å². The summed E-state index contributed by atoms with van der Waals surface area (Å²) in [4.78, 5) is 17.1. The van der Waals surface area contributed by atoms with Crippen LogP contribution in [0.4, 0.5) is 5.13 Å². The number of hydrogen-bond donors (Lipinski definition) is 1. The van der Waals surface area contributed by atoms with Crippen molar-refractivity contribution in [3.63, 3.8) is 0 Å². The number of hydrogen-bond acceptors (Lipinski definition) is 3. The van der Waals surface area contributed by atoms with Gasteiger partial charge in [0, 0.05) is 10.9 Å². The van der Waals surface area contributed by atoms with Crippen molar-refractivity contribution in [1.82, 2.24) is 4.98 Å². The molecule has 26 heavy (non-hydrogen) atoms. The molecule has 3 nitrogen and oxygen atoms in total. The van der Waals surface area contributed by atoms with Crippen LogP contribution in [0.3, 0.4) is 0 Å². The zero-order chi connectivity index (χ0) is 18.3. The number of amides is 1. The molecule has 0 saturated carbocycles. The van der Waals surface area contributed by atoms with Gasteiger partial charge in [-0.1, -0.05) is 74.6 Å². The molecule has 0 fully saturated rings. The van der Waals surface area contributed by atoms with E-state index in [1.807, 2.05) is 42.5 Å². The van der Waals surface area contributed by atoms with Crippen LogP contribution in [0.1, 0.15) is 36.7 Å². The highest BCUT2D eigenvalue weighted by atomic mass is 32.1. The fourth-order valence-corrected chi connectivity index (χ4v) is 4.00. The van der Waals surface area contributed by atoms with Crippen LogP contribution < -0.4 is 5.32 Å². The summed E-state index contributed by atoms with van der Waals surface area (Å²) in [7, 11) is 0. The highest BCUT2D eigenvalue weighted by molar-refractivity contribution is 7.23. The monoisotopic (exact) mass is 360 g/mol. The van der Waals surface area contributed by atoms with E-state index in [9.17, 15) is 4.79 Å². The molecule has 0 spiro atoms. The summed E-state index contributed by atoms with van der Waals surface area (Å²) >= 11 is 1.51. The molecule has 4 rings (SSSR count). The van der Waals surface area contributed by atoms with Gasteiger partial charge in [-0.15, -0.1) is 0 Å². The third-order valence-electron chi connectivity index (χ3n) is 4.51. The van der Waals surface area contributed by atoms with Crippen molar-refractivity contribution in [2.45, 2.75) is 26.2 Å². The fraction of sp³-hybridized carbons (Fsp3) is 0.182. The van der Waals surface area contributed by atoms with Crippen LogP contribution in [-0.2, 0) is 5.41 Å². The number of nitrogens with zero attached hydrogens (tertiary/aromatic N) is 1. The van der Waals surface area contributed by atoms with E-state index in [1.54, 1.807) is 0 Å². The van der Waals surface area contributed by atoms with E-state index in [4.69, 9.17) is 0 Å². The average Bonchev–Trinajstić information content (AvgIpc) is 3.04. The maximum absolute atomic E-state index is 12.6. The summed E-state index contributed by atoms with van der Waals surface area (Å²) in [5, 5.41) is 5.91. The first-order valence-electron chi connectivity index (χ1n) is 8.62. The molecule has 0 radical (unpaired) electrons. The molecule has 1 heterocycles. The normalized spacial score (nSPS) is 11.8. The first-order chi connectivity index (χ1) is 12.4. The number of benzene rings is 3. The topological polar surface area (TPSA) is 42.0 Å². The van der Waals surface area contributed by atoms with Crippen LogP contribution in [0.25, 0.3) is 21.0 Å². The van der Waals surface area contributed by atoms with Gasteiger partial charge in [0.05, 0.1) is 10.2 Å². The van der Waals surface area contributed by atoms with E-state index in [1.165, 1.54) is 22.3 Å². The Morgan fingerprint density at radius 3 is 2.42 bits per heavy atom. The maximum Gasteiger partial charge on any atom is 0.257 e. The second-order valence-electron chi connectivity index (χ2n) is 7.44. The van der Waals surface area contributed by atoms with Crippen molar-refractivity contribution >= 4 is 43.4 Å². The molecule has 0 bridgehead atoms. The minimum absolute atomic E-state index is 0.0725. The standard InChI is InChI=1S/C22H20N2OS/c1-22(2,3)16-11-8-15(9-12-16)20(25)24-21-23-18-13-10-14-6-4-5-7-17(14)19(18)26-21/h4-13H,1-3H3,(H,23,24,25). The second-order valence-corrected chi connectivity index (χ2v) is 8.43. The number of rotatable bonds is 2. The highest BCUT2D eigenvalue weighted by Gasteiger charge is 2.15. The maximum atomic E-state index is 12.6. The molecule has 1 N–H and O–H groups in total. The molecule has 0 aliphatic rings. The Labute approximate surface area is 156 Å². The van der Waals surface area contributed by atoms with Gasteiger partial charge in [0.25, 0.3) is 5.91 Å². The van der Waals surface area contributed by atoms with Gasteiger partial charge in [-0.25, -0.2) is 4.98 Å². The molecular formula is C22H20N2OS. The second kappa shape index (κ2) is 6.22. The van der Waals surface area contributed by atoms with Gasteiger partial charge in [0.1, 0.15) is 0 Å². The summed E-state index contributed by atoms with van der Waals surface area (Å²) in [5.74, 6) is -0.131. The van der Waals surface area contributed by atoms with E-state index in [0.29, 0.717) is 10.7 Å². The number of fused-ring (bicyclic) bond motifs is 3. The predicted molar refractivity (Wildman–Crippen MR) is 110 cm³/mol. The number of aromatic nitrogens is 1. The molecule has 0 aliphatic heterocycles. The molecule has 130 valence electrons. The number of thiazole rings is 1. The molecule has 0 atom stereocenters. The molecule has 3 aromatic carbocycles. The molecule has 4 aromatic rings. The highest BCUT2D eigenvalue weighted by Crippen LogP contribution is 2.32. The number of carbonyl (C=O) groups excluding carboxylic acids is 1. The van der Waals surface area contributed by atoms with Crippen LogP contribution in [0, 0.1) is 0 Å². The first-order valence-corrected chi connectivity index (χ1v) is 9.44. The SMILES string of the molecule is CC(C)(C)c1ccc(C(=O)Nc2nc3ccc4ccccc4c3s2)cc1. The lowest BCUT2D eigenvalue weighted by atomic mass is 9.87. The van der Waals surface area contributed by atoms with Crippen molar-refractivity contribution in [2.75, 3.05) is 5.32 Å². The minimum atomic E-state index is -0.131. The van der Waals surface area contributed by atoms with E-state index in [-0.39, 0.29) is 11.3 Å². The van der Waals surface area contributed by atoms with Crippen LogP contribution in [0.15, 0.2) is 60.7 Å². The molecular weight excluding hydrogens is 340 g/mol. The van der Waals surface area contributed by atoms with E-state index in [0.717, 1.165) is 15.6 Å². The van der Waals surface area contributed by atoms with Crippen LogP contribution in [0.2, 0.25) is 0 Å².